The monoisotopic (exact) mass is 670 g/mol. The van der Waals surface area contributed by atoms with Crippen molar-refractivity contribution in [2.75, 3.05) is 19.8 Å². The normalized spacial score (nSPS) is 21.5. The Bertz CT molecular complexity index is 1830. The maximum Gasteiger partial charge on any atom is 0.372 e. The molecule has 2 aliphatic heterocycles. The molecule has 0 aliphatic carbocycles. The van der Waals surface area contributed by atoms with Crippen molar-refractivity contribution in [3.05, 3.63) is 52.4 Å². The number of hydrogen-bond acceptors (Lipinski definition) is 15. The second kappa shape index (κ2) is 14.0. The quantitative estimate of drug-likeness (QED) is 0.256. The van der Waals surface area contributed by atoms with Crippen LogP contribution in [0, 0.1) is 0 Å². The summed E-state index contributed by atoms with van der Waals surface area (Å²) in [7, 11) is 0. The Morgan fingerprint density at radius 2 is 1.44 bits per heavy atom. The van der Waals surface area contributed by atoms with Crippen LogP contribution in [-0.2, 0) is 42.9 Å². The van der Waals surface area contributed by atoms with Gasteiger partial charge in [-0.25, -0.2) is 4.79 Å². The van der Waals surface area contributed by atoms with E-state index in [2.05, 4.69) is 0 Å². The number of carboxylic acids is 1. The van der Waals surface area contributed by atoms with Crippen LogP contribution in [0.3, 0.4) is 0 Å². The van der Waals surface area contributed by atoms with Crippen LogP contribution < -0.4 is 19.6 Å². The zero-order chi connectivity index (χ0) is 34.7. The number of rotatable bonds is 9. The molecule has 3 aromatic rings. The van der Waals surface area contributed by atoms with Crippen LogP contribution in [-0.4, -0.2) is 85.5 Å². The van der Waals surface area contributed by atoms with Gasteiger partial charge in [0.2, 0.25) is 23.6 Å². The predicted octanol–water partition coefficient (Wildman–Crippen LogP) is 2.39. The van der Waals surface area contributed by atoms with E-state index in [0.717, 1.165) is 27.7 Å². The summed E-state index contributed by atoms with van der Waals surface area (Å²) in [4.78, 5) is 73.8. The highest BCUT2D eigenvalue weighted by atomic mass is 16.7. The molecule has 0 radical (unpaired) electrons. The Morgan fingerprint density at radius 3 is 2.08 bits per heavy atom. The average Bonchev–Trinajstić information content (AvgIpc) is 3.01. The molecule has 16 nitrogen and oxygen atoms in total. The number of carbonyl (C=O) groups is 5. The van der Waals surface area contributed by atoms with E-state index in [1.165, 1.54) is 30.3 Å². The minimum absolute atomic E-state index is 0.00113. The van der Waals surface area contributed by atoms with Gasteiger partial charge in [-0.15, -0.1) is 0 Å². The van der Waals surface area contributed by atoms with Gasteiger partial charge in [0.05, 0.1) is 10.9 Å². The van der Waals surface area contributed by atoms with Gasteiger partial charge in [0.1, 0.15) is 37.3 Å². The topological polar surface area (TPSA) is 210 Å². The molecule has 1 saturated heterocycles. The van der Waals surface area contributed by atoms with Crippen molar-refractivity contribution in [1.29, 1.82) is 0 Å². The molecule has 0 bridgehead atoms. The molecule has 2 aromatic carbocycles. The number of fused-ring (bicyclic) bond motifs is 2. The lowest BCUT2D eigenvalue weighted by Crippen LogP contribution is -2.63. The average molecular weight is 671 g/mol. The van der Waals surface area contributed by atoms with E-state index in [0.29, 0.717) is 18.1 Å². The van der Waals surface area contributed by atoms with E-state index >= 15 is 0 Å². The van der Waals surface area contributed by atoms with Crippen molar-refractivity contribution < 1.29 is 71.4 Å². The summed E-state index contributed by atoms with van der Waals surface area (Å²) in [5.41, 5.74) is -0.837. The van der Waals surface area contributed by atoms with Gasteiger partial charge in [0.15, 0.2) is 23.7 Å². The van der Waals surface area contributed by atoms with Crippen molar-refractivity contribution >= 4 is 40.8 Å². The number of carboxylic acid groups (broad SMARTS) is 1. The largest absolute Gasteiger partial charge is 0.486 e. The van der Waals surface area contributed by atoms with Crippen LogP contribution in [0.15, 0.2) is 45.6 Å². The van der Waals surface area contributed by atoms with Crippen LogP contribution in [0.1, 0.15) is 38.2 Å². The third-order valence-electron chi connectivity index (χ3n) is 7.09. The van der Waals surface area contributed by atoms with E-state index < -0.39 is 78.3 Å². The summed E-state index contributed by atoms with van der Waals surface area (Å²) in [5, 5.41) is 10.0. The lowest BCUT2D eigenvalue weighted by atomic mass is 9.98. The summed E-state index contributed by atoms with van der Waals surface area (Å²) < 4.78 is 50.0. The standard InChI is InChI=1S/C32H30O16/c1-14(33)42-13-24-27(43-15(2)34)29(44-16(3)35)30(45-17(4)36)32(48-24)46-19-6-7-20-22(12-19)47-28(31(38)39)25(26(20)37)18-5-8-21-23(11-18)41-10-9-40-21/h5-8,11-12,24,27,29-30,32H,9-10,13H2,1-4H3,(H,38,39). The Kier molecular flexibility index (Phi) is 9.84. The highest BCUT2D eigenvalue weighted by molar-refractivity contribution is 5.97. The minimum Gasteiger partial charge on any atom is -0.486 e. The summed E-state index contributed by atoms with van der Waals surface area (Å²) in [6, 6.07) is 8.45. The van der Waals surface area contributed by atoms with E-state index in [4.69, 9.17) is 42.3 Å². The maximum atomic E-state index is 13.7. The summed E-state index contributed by atoms with van der Waals surface area (Å²) in [6.45, 7) is 4.51. The van der Waals surface area contributed by atoms with E-state index in [-0.39, 0.29) is 34.5 Å². The Labute approximate surface area is 271 Å². The van der Waals surface area contributed by atoms with Crippen molar-refractivity contribution in [2.24, 2.45) is 0 Å². The van der Waals surface area contributed by atoms with E-state index in [1.807, 2.05) is 0 Å². The molecule has 1 aromatic heterocycles. The van der Waals surface area contributed by atoms with E-state index in [1.54, 1.807) is 6.07 Å². The maximum absolute atomic E-state index is 13.7. The van der Waals surface area contributed by atoms with Gasteiger partial charge in [-0.3, -0.25) is 24.0 Å². The molecule has 3 heterocycles. The zero-order valence-electron chi connectivity index (χ0n) is 26.0. The molecule has 5 rings (SSSR count). The number of esters is 4. The van der Waals surface area contributed by atoms with Gasteiger partial charge in [-0.2, -0.15) is 0 Å². The van der Waals surface area contributed by atoms with Crippen LogP contribution in [0.25, 0.3) is 22.1 Å². The van der Waals surface area contributed by atoms with Gasteiger partial charge in [0, 0.05) is 33.8 Å². The number of hydrogen-bond donors (Lipinski definition) is 1. The van der Waals surface area contributed by atoms with Gasteiger partial charge >= 0.3 is 29.8 Å². The van der Waals surface area contributed by atoms with E-state index in [9.17, 15) is 33.9 Å². The molecule has 0 spiro atoms. The van der Waals surface area contributed by atoms with Crippen molar-refractivity contribution in [3.63, 3.8) is 0 Å². The number of carbonyl (C=O) groups excluding carboxylic acids is 4. The first-order chi connectivity index (χ1) is 22.8. The van der Waals surface area contributed by atoms with Gasteiger partial charge in [-0.1, -0.05) is 6.07 Å². The second-order valence-electron chi connectivity index (χ2n) is 10.6. The molecule has 5 atom stereocenters. The molecule has 1 N–H and O–H groups in total. The fourth-order valence-electron chi connectivity index (χ4n) is 5.28. The molecule has 2 aliphatic rings. The molecular formula is C32H30O16. The Balaban J connectivity index is 1.55. The van der Waals surface area contributed by atoms with Crippen LogP contribution in [0.2, 0.25) is 0 Å². The van der Waals surface area contributed by atoms with Gasteiger partial charge in [-0.05, 0) is 29.8 Å². The smallest absolute Gasteiger partial charge is 0.372 e. The molecule has 0 saturated carbocycles. The number of aromatic carboxylic acids is 1. The minimum atomic E-state index is -1.58. The molecule has 254 valence electrons. The summed E-state index contributed by atoms with van der Waals surface area (Å²) >= 11 is 0. The highest BCUT2D eigenvalue weighted by Gasteiger charge is 2.53. The Morgan fingerprint density at radius 1 is 0.792 bits per heavy atom. The second-order valence-corrected chi connectivity index (χ2v) is 10.6. The highest BCUT2D eigenvalue weighted by Crippen LogP contribution is 2.36. The lowest BCUT2D eigenvalue weighted by molar-refractivity contribution is -0.288. The fraction of sp³-hybridized carbons (Fsp3) is 0.375. The first-order valence-corrected chi connectivity index (χ1v) is 14.5. The zero-order valence-corrected chi connectivity index (χ0v) is 26.0. The molecular weight excluding hydrogens is 640 g/mol. The third kappa shape index (κ3) is 7.33. The van der Waals surface area contributed by atoms with Crippen molar-refractivity contribution in [1.82, 2.24) is 0 Å². The summed E-state index contributed by atoms with van der Waals surface area (Å²) in [6.07, 6.45) is -7.27. The third-order valence-corrected chi connectivity index (χ3v) is 7.09. The number of ether oxygens (including phenoxy) is 8. The van der Waals surface area contributed by atoms with Crippen LogP contribution in [0.4, 0.5) is 0 Å². The first-order valence-electron chi connectivity index (χ1n) is 14.5. The number of benzene rings is 2. The van der Waals surface area contributed by atoms with Gasteiger partial charge in [0.25, 0.3) is 0 Å². The lowest BCUT2D eigenvalue weighted by Gasteiger charge is -2.43. The molecule has 16 heteroatoms. The summed E-state index contributed by atoms with van der Waals surface area (Å²) in [5.74, 6) is -4.63. The van der Waals surface area contributed by atoms with Crippen LogP contribution in [0.5, 0.6) is 17.2 Å². The van der Waals surface area contributed by atoms with Crippen molar-refractivity contribution in [2.45, 2.75) is 58.4 Å². The Hall–Kier alpha value is -5.64. The van der Waals surface area contributed by atoms with Crippen LogP contribution >= 0.6 is 0 Å². The van der Waals surface area contributed by atoms with Crippen molar-refractivity contribution in [3.8, 4) is 28.4 Å². The molecule has 1 fully saturated rings. The SMILES string of the molecule is CC(=O)OCC1OC(Oc2ccc3c(=O)c(-c4ccc5c(c4)OCCO5)c(C(=O)O)oc3c2)C(OC(C)=O)C(OC(C)=O)C1OC(C)=O. The van der Waals surface area contributed by atoms with Gasteiger partial charge < -0.3 is 47.4 Å². The molecule has 5 unspecified atom stereocenters. The predicted molar refractivity (Wildman–Crippen MR) is 158 cm³/mol. The first kappa shape index (κ1) is 33.7. The molecule has 48 heavy (non-hydrogen) atoms. The fourth-order valence-corrected chi connectivity index (χ4v) is 5.28. The molecule has 0 amide bonds.